The summed E-state index contributed by atoms with van der Waals surface area (Å²) < 4.78 is 11.7. The van der Waals surface area contributed by atoms with Gasteiger partial charge in [0.25, 0.3) is 0 Å². The predicted molar refractivity (Wildman–Crippen MR) is 111 cm³/mol. The molecule has 0 aliphatic carbocycles. The highest BCUT2D eigenvalue weighted by Gasteiger charge is 1.99. The average Bonchev–Trinajstić information content (AvgIpc) is 2.65. The van der Waals surface area contributed by atoms with E-state index in [2.05, 4.69) is 50.4 Å². The number of ether oxygens (including phenoxy) is 2. The Morgan fingerprint density at radius 1 is 0.769 bits per heavy atom. The molecular weight excluding hydrogens is 322 g/mol. The van der Waals surface area contributed by atoms with Crippen molar-refractivity contribution >= 4 is 5.69 Å². The first-order valence-corrected chi connectivity index (χ1v) is 9.86. The topological polar surface area (TPSA) is 30.5 Å². The molecule has 0 amide bonds. The Labute approximate surface area is 158 Å². The molecule has 2 aromatic rings. The monoisotopic (exact) mass is 355 g/mol. The molecule has 142 valence electrons. The van der Waals surface area contributed by atoms with Crippen LogP contribution in [0.3, 0.4) is 0 Å². The second kappa shape index (κ2) is 11.5. The Morgan fingerprint density at radius 2 is 1.54 bits per heavy atom. The fraction of sp³-hybridized carbons (Fsp3) is 0.478. The first-order valence-electron chi connectivity index (χ1n) is 9.86. The minimum Gasteiger partial charge on any atom is -0.494 e. The van der Waals surface area contributed by atoms with Gasteiger partial charge in [0.05, 0.1) is 6.61 Å². The summed E-state index contributed by atoms with van der Waals surface area (Å²) in [5, 5.41) is 3.39. The summed E-state index contributed by atoms with van der Waals surface area (Å²) in [7, 11) is 0. The summed E-state index contributed by atoms with van der Waals surface area (Å²) in [5.41, 5.74) is 3.62. The van der Waals surface area contributed by atoms with Gasteiger partial charge in [-0.15, -0.1) is 0 Å². The van der Waals surface area contributed by atoms with Gasteiger partial charge in [0.15, 0.2) is 0 Å². The highest BCUT2D eigenvalue weighted by atomic mass is 16.5. The van der Waals surface area contributed by atoms with Gasteiger partial charge >= 0.3 is 0 Å². The fourth-order valence-electron chi connectivity index (χ4n) is 2.76. The molecule has 0 aliphatic rings. The first-order chi connectivity index (χ1) is 12.7. The Bertz CT molecular complexity index is 654. The third-order valence-electron chi connectivity index (χ3n) is 4.53. The average molecular weight is 356 g/mol. The first kappa shape index (κ1) is 20.2. The SMILES string of the molecule is CCCCCCCOc1cccc(NCCOc2ccc(C)c(C)c2)c1. The van der Waals surface area contributed by atoms with Crippen LogP contribution in [0.4, 0.5) is 5.69 Å². The zero-order valence-electron chi connectivity index (χ0n) is 16.5. The van der Waals surface area contributed by atoms with E-state index in [9.17, 15) is 0 Å². The van der Waals surface area contributed by atoms with Gasteiger partial charge in [-0.3, -0.25) is 0 Å². The molecule has 26 heavy (non-hydrogen) atoms. The van der Waals surface area contributed by atoms with Crippen molar-refractivity contribution in [2.75, 3.05) is 25.1 Å². The minimum atomic E-state index is 0.630. The zero-order valence-corrected chi connectivity index (χ0v) is 16.5. The van der Waals surface area contributed by atoms with Crippen molar-refractivity contribution in [3.63, 3.8) is 0 Å². The smallest absolute Gasteiger partial charge is 0.121 e. The highest BCUT2D eigenvalue weighted by Crippen LogP contribution is 2.18. The number of aryl methyl sites for hydroxylation is 2. The molecule has 3 nitrogen and oxygen atoms in total. The maximum atomic E-state index is 5.86. The number of benzene rings is 2. The Hall–Kier alpha value is -2.16. The summed E-state index contributed by atoms with van der Waals surface area (Å²) in [6.45, 7) is 8.64. The standard InChI is InChI=1S/C23H33NO2/c1-4-5-6-7-8-15-25-22-11-9-10-21(18-22)24-14-16-26-23-13-12-19(2)20(3)17-23/h9-13,17-18,24H,4-8,14-16H2,1-3H3. The van der Waals surface area contributed by atoms with E-state index < -0.39 is 0 Å². The van der Waals surface area contributed by atoms with Crippen LogP contribution in [0, 0.1) is 13.8 Å². The van der Waals surface area contributed by atoms with E-state index in [1.54, 1.807) is 0 Å². The number of unbranched alkanes of at least 4 members (excludes halogenated alkanes) is 4. The number of nitrogens with one attached hydrogen (secondary N) is 1. The molecule has 0 bridgehead atoms. The van der Waals surface area contributed by atoms with Crippen LogP contribution >= 0.6 is 0 Å². The molecule has 3 heteroatoms. The molecule has 0 aromatic heterocycles. The summed E-state index contributed by atoms with van der Waals surface area (Å²) in [5.74, 6) is 1.86. The molecule has 0 aliphatic heterocycles. The van der Waals surface area contributed by atoms with Gasteiger partial charge in [0, 0.05) is 18.3 Å². The molecule has 0 atom stereocenters. The van der Waals surface area contributed by atoms with Crippen LogP contribution in [0.15, 0.2) is 42.5 Å². The predicted octanol–water partition coefficient (Wildman–Crippen LogP) is 6.14. The van der Waals surface area contributed by atoms with Crippen LogP contribution in [0.1, 0.15) is 50.2 Å². The minimum absolute atomic E-state index is 0.630. The summed E-state index contributed by atoms with van der Waals surface area (Å²) in [6, 6.07) is 14.4. The lowest BCUT2D eigenvalue weighted by Crippen LogP contribution is -2.11. The molecule has 1 N–H and O–H groups in total. The van der Waals surface area contributed by atoms with E-state index in [4.69, 9.17) is 9.47 Å². The van der Waals surface area contributed by atoms with Crippen LogP contribution < -0.4 is 14.8 Å². The zero-order chi connectivity index (χ0) is 18.6. The van der Waals surface area contributed by atoms with Crippen molar-refractivity contribution in [3.8, 4) is 11.5 Å². The Balaban J connectivity index is 1.66. The van der Waals surface area contributed by atoms with Gasteiger partial charge in [0.2, 0.25) is 0 Å². The van der Waals surface area contributed by atoms with Crippen molar-refractivity contribution in [1.29, 1.82) is 0 Å². The van der Waals surface area contributed by atoms with Crippen molar-refractivity contribution in [2.24, 2.45) is 0 Å². The van der Waals surface area contributed by atoms with Gasteiger partial charge in [-0.1, -0.05) is 44.7 Å². The maximum absolute atomic E-state index is 5.86. The van der Waals surface area contributed by atoms with Crippen LogP contribution in [0.5, 0.6) is 11.5 Å². The fourth-order valence-corrected chi connectivity index (χ4v) is 2.76. The largest absolute Gasteiger partial charge is 0.494 e. The normalized spacial score (nSPS) is 10.6. The van der Waals surface area contributed by atoms with Crippen LogP contribution in [0.2, 0.25) is 0 Å². The van der Waals surface area contributed by atoms with E-state index in [-0.39, 0.29) is 0 Å². The van der Waals surface area contributed by atoms with Gasteiger partial charge in [-0.2, -0.15) is 0 Å². The van der Waals surface area contributed by atoms with Gasteiger partial charge in [-0.05, 0) is 55.7 Å². The Kier molecular flexibility index (Phi) is 8.88. The van der Waals surface area contributed by atoms with Gasteiger partial charge < -0.3 is 14.8 Å². The third-order valence-corrected chi connectivity index (χ3v) is 4.53. The molecule has 0 radical (unpaired) electrons. The molecule has 0 saturated carbocycles. The summed E-state index contributed by atoms with van der Waals surface area (Å²) in [4.78, 5) is 0. The quantitative estimate of drug-likeness (QED) is 0.464. The number of anilines is 1. The van der Waals surface area contributed by atoms with Crippen LogP contribution in [-0.2, 0) is 0 Å². The molecule has 0 spiro atoms. The lowest BCUT2D eigenvalue weighted by atomic mass is 10.1. The van der Waals surface area contributed by atoms with E-state index in [0.717, 1.165) is 36.8 Å². The van der Waals surface area contributed by atoms with Gasteiger partial charge in [-0.25, -0.2) is 0 Å². The van der Waals surface area contributed by atoms with Crippen LogP contribution in [-0.4, -0.2) is 19.8 Å². The van der Waals surface area contributed by atoms with Gasteiger partial charge in [0.1, 0.15) is 18.1 Å². The Morgan fingerprint density at radius 3 is 2.35 bits per heavy atom. The number of hydrogen-bond acceptors (Lipinski definition) is 3. The lowest BCUT2D eigenvalue weighted by molar-refractivity contribution is 0.304. The van der Waals surface area contributed by atoms with E-state index >= 15 is 0 Å². The molecule has 2 aromatic carbocycles. The highest BCUT2D eigenvalue weighted by molar-refractivity contribution is 5.48. The molecule has 2 rings (SSSR count). The molecule has 0 heterocycles. The van der Waals surface area contributed by atoms with E-state index in [0.29, 0.717) is 6.61 Å². The number of rotatable bonds is 12. The molecule has 0 saturated heterocycles. The molecule has 0 fully saturated rings. The van der Waals surface area contributed by atoms with Crippen molar-refractivity contribution in [2.45, 2.75) is 52.9 Å². The van der Waals surface area contributed by atoms with Crippen molar-refractivity contribution < 1.29 is 9.47 Å². The molecular formula is C23H33NO2. The second-order valence-corrected chi connectivity index (χ2v) is 6.81. The molecule has 0 unspecified atom stereocenters. The van der Waals surface area contributed by atoms with Crippen molar-refractivity contribution in [1.82, 2.24) is 0 Å². The lowest BCUT2D eigenvalue weighted by Gasteiger charge is -2.11. The second-order valence-electron chi connectivity index (χ2n) is 6.81. The van der Waals surface area contributed by atoms with E-state index in [1.807, 2.05) is 18.2 Å². The van der Waals surface area contributed by atoms with E-state index in [1.165, 1.54) is 36.8 Å². The summed E-state index contributed by atoms with van der Waals surface area (Å²) in [6.07, 6.45) is 6.29. The van der Waals surface area contributed by atoms with Crippen LogP contribution in [0.25, 0.3) is 0 Å². The summed E-state index contributed by atoms with van der Waals surface area (Å²) >= 11 is 0. The third kappa shape index (κ3) is 7.38. The van der Waals surface area contributed by atoms with Crippen molar-refractivity contribution in [3.05, 3.63) is 53.6 Å². The maximum Gasteiger partial charge on any atom is 0.121 e. The number of hydrogen-bond donors (Lipinski definition) is 1.